The van der Waals surface area contributed by atoms with Crippen LogP contribution < -0.4 is 16.0 Å². The van der Waals surface area contributed by atoms with Gasteiger partial charge in [-0.2, -0.15) is 0 Å². The molecule has 0 bridgehead atoms. The van der Waals surface area contributed by atoms with Crippen molar-refractivity contribution in [2.75, 3.05) is 13.1 Å². The quantitative estimate of drug-likeness (QED) is 0.551. The van der Waals surface area contributed by atoms with Gasteiger partial charge < -0.3 is 15.7 Å². The highest BCUT2D eigenvalue weighted by molar-refractivity contribution is 6.04. The summed E-state index contributed by atoms with van der Waals surface area (Å²) in [5, 5.41) is 17.2. The van der Waals surface area contributed by atoms with Crippen molar-refractivity contribution in [2.24, 2.45) is 0 Å². The molecule has 2 aliphatic heterocycles. The number of aromatic hydroxyl groups is 1. The topological polar surface area (TPSA) is 111 Å². The Morgan fingerprint density at radius 1 is 1.27 bits per heavy atom. The Morgan fingerprint density at radius 2 is 2.04 bits per heavy atom. The highest BCUT2D eigenvalue weighted by Gasteiger charge is 2.30. The molecule has 2 heterocycles. The number of nitrogens with one attached hydrogen (secondary N) is 3. The third-order valence-corrected chi connectivity index (χ3v) is 4.79. The number of piperidine rings is 1. The van der Waals surface area contributed by atoms with Crippen LogP contribution in [0.15, 0.2) is 24.3 Å². The molecule has 0 radical (unpaired) electrons. The smallest absolute Gasteiger partial charge is 0.322 e. The largest absolute Gasteiger partial charge is 0.508 e. The average molecular weight is 360 g/mol. The second-order valence-corrected chi connectivity index (χ2v) is 6.84. The van der Waals surface area contributed by atoms with E-state index in [4.69, 9.17) is 0 Å². The molecule has 2 fully saturated rings. The van der Waals surface area contributed by atoms with Crippen molar-refractivity contribution in [3.63, 3.8) is 0 Å². The minimum atomic E-state index is -0.614. The van der Waals surface area contributed by atoms with Crippen molar-refractivity contribution in [1.29, 1.82) is 0 Å². The van der Waals surface area contributed by atoms with Gasteiger partial charge in [0.25, 0.3) is 5.91 Å². The van der Waals surface area contributed by atoms with Crippen LogP contribution in [0.5, 0.6) is 5.75 Å². The fourth-order valence-electron chi connectivity index (χ4n) is 3.39. The minimum Gasteiger partial charge on any atom is -0.508 e. The number of carbonyl (C=O) groups is 3. The van der Waals surface area contributed by atoms with Gasteiger partial charge in [-0.25, -0.2) is 4.79 Å². The summed E-state index contributed by atoms with van der Waals surface area (Å²) in [6.07, 6.45) is 2.25. The van der Waals surface area contributed by atoms with Crippen molar-refractivity contribution in [1.82, 2.24) is 20.9 Å². The van der Waals surface area contributed by atoms with Gasteiger partial charge in [0.05, 0.1) is 0 Å². The third-order valence-electron chi connectivity index (χ3n) is 4.79. The van der Waals surface area contributed by atoms with Gasteiger partial charge in [-0.05, 0) is 37.0 Å². The molecular formula is C18H24N4O4. The zero-order valence-corrected chi connectivity index (χ0v) is 14.5. The number of amides is 4. The van der Waals surface area contributed by atoms with E-state index in [0.717, 1.165) is 38.0 Å². The Hall–Kier alpha value is -2.61. The Labute approximate surface area is 151 Å². The summed E-state index contributed by atoms with van der Waals surface area (Å²) in [6.45, 7) is 2.54. The lowest BCUT2D eigenvalue weighted by atomic mass is 10.0. The lowest BCUT2D eigenvalue weighted by Gasteiger charge is -2.32. The van der Waals surface area contributed by atoms with E-state index in [1.165, 1.54) is 0 Å². The van der Waals surface area contributed by atoms with Crippen molar-refractivity contribution < 1.29 is 19.5 Å². The summed E-state index contributed by atoms with van der Waals surface area (Å²) in [7, 11) is 0. The van der Waals surface area contributed by atoms with E-state index >= 15 is 0 Å². The van der Waals surface area contributed by atoms with Crippen LogP contribution in [-0.4, -0.2) is 53.0 Å². The highest BCUT2D eigenvalue weighted by Crippen LogP contribution is 2.17. The van der Waals surface area contributed by atoms with Gasteiger partial charge in [-0.1, -0.05) is 12.1 Å². The molecule has 1 aromatic rings. The molecule has 4 N–H and O–H groups in total. The lowest BCUT2D eigenvalue weighted by molar-refractivity contribution is -0.123. The molecule has 1 aromatic carbocycles. The number of likely N-dealkylation sites (tertiary alicyclic amines) is 1. The second-order valence-electron chi connectivity index (χ2n) is 6.84. The number of rotatable bonds is 6. The van der Waals surface area contributed by atoms with Gasteiger partial charge in [-0.15, -0.1) is 0 Å². The first kappa shape index (κ1) is 18.2. The Balaban J connectivity index is 1.36. The van der Waals surface area contributed by atoms with E-state index in [9.17, 15) is 19.5 Å². The molecule has 1 atom stereocenters. The molecule has 0 unspecified atom stereocenters. The number of imide groups is 1. The van der Waals surface area contributed by atoms with E-state index in [1.54, 1.807) is 12.1 Å². The molecule has 0 aliphatic carbocycles. The monoisotopic (exact) mass is 360 g/mol. The number of carbonyl (C=O) groups excluding carboxylic acids is 3. The molecule has 0 spiro atoms. The molecule has 2 aliphatic rings. The number of hydrogen-bond acceptors (Lipinski definition) is 5. The summed E-state index contributed by atoms with van der Waals surface area (Å²) < 4.78 is 0. The SMILES string of the molecule is O=C(CC[C@H]1NC(=O)NC1=O)NC1CCN(Cc2cccc(O)c2)CC1. The van der Waals surface area contributed by atoms with Crippen molar-refractivity contribution in [3.05, 3.63) is 29.8 Å². The molecule has 8 heteroatoms. The zero-order chi connectivity index (χ0) is 18.5. The fourth-order valence-corrected chi connectivity index (χ4v) is 3.39. The van der Waals surface area contributed by atoms with Gasteiger partial charge in [0.1, 0.15) is 11.8 Å². The molecular weight excluding hydrogens is 336 g/mol. The van der Waals surface area contributed by atoms with E-state index in [1.807, 2.05) is 12.1 Å². The van der Waals surface area contributed by atoms with E-state index in [2.05, 4.69) is 20.9 Å². The molecule has 140 valence electrons. The summed E-state index contributed by atoms with van der Waals surface area (Å²) in [6, 6.07) is 6.28. The highest BCUT2D eigenvalue weighted by atomic mass is 16.3. The summed E-state index contributed by atoms with van der Waals surface area (Å²) >= 11 is 0. The molecule has 2 saturated heterocycles. The van der Waals surface area contributed by atoms with Gasteiger partial charge in [0.2, 0.25) is 5.91 Å². The maximum Gasteiger partial charge on any atom is 0.322 e. The fraction of sp³-hybridized carbons (Fsp3) is 0.500. The van der Waals surface area contributed by atoms with E-state index in [-0.39, 0.29) is 30.0 Å². The maximum absolute atomic E-state index is 12.1. The van der Waals surface area contributed by atoms with Crippen molar-refractivity contribution >= 4 is 17.8 Å². The molecule has 4 amide bonds. The number of benzene rings is 1. The first-order chi connectivity index (χ1) is 12.5. The Kier molecular flexibility index (Phi) is 5.72. The second kappa shape index (κ2) is 8.18. The van der Waals surface area contributed by atoms with Gasteiger partial charge in [0.15, 0.2) is 0 Å². The molecule has 8 nitrogen and oxygen atoms in total. The predicted octanol–water partition coefficient (Wildman–Crippen LogP) is 0.461. The zero-order valence-electron chi connectivity index (χ0n) is 14.5. The molecule has 0 saturated carbocycles. The van der Waals surface area contributed by atoms with Crippen LogP contribution in [0.3, 0.4) is 0 Å². The molecule has 3 rings (SSSR count). The van der Waals surface area contributed by atoms with Crippen LogP contribution in [0.25, 0.3) is 0 Å². The third kappa shape index (κ3) is 4.95. The first-order valence-corrected chi connectivity index (χ1v) is 8.90. The standard InChI is InChI=1S/C18H24N4O4/c23-14-3-1-2-12(10-14)11-22-8-6-13(7-9-22)19-16(24)5-4-15-17(25)21-18(26)20-15/h1-3,10,13,15,23H,4-9,11H2,(H,19,24)(H2,20,21,25,26)/t15-/m1/s1. The number of phenols is 1. The van der Waals surface area contributed by atoms with Crippen LogP contribution in [0.2, 0.25) is 0 Å². The van der Waals surface area contributed by atoms with Crippen LogP contribution in [0.4, 0.5) is 4.79 Å². The molecule has 0 aromatic heterocycles. The summed E-state index contributed by atoms with van der Waals surface area (Å²) in [5.41, 5.74) is 1.07. The van der Waals surface area contributed by atoms with Crippen LogP contribution in [0.1, 0.15) is 31.2 Å². The number of nitrogens with zero attached hydrogens (tertiary/aromatic N) is 1. The predicted molar refractivity (Wildman–Crippen MR) is 94.2 cm³/mol. The maximum atomic E-state index is 12.1. The number of urea groups is 1. The van der Waals surface area contributed by atoms with Gasteiger partial charge in [-0.3, -0.25) is 19.8 Å². The van der Waals surface area contributed by atoms with Crippen molar-refractivity contribution in [2.45, 2.75) is 44.3 Å². The van der Waals surface area contributed by atoms with E-state index < -0.39 is 12.1 Å². The van der Waals surface area contributed by atoms with Crippen LogP contribution in [0, 0.1) is 0 Å². The lowest BCUT2D eigenvalue weighted by Crippen LogP contribution is -2.44. The Morgan fingerprint density at radius 3 is 2.69 bits per heavy atom. The molecule has 26 heavy (non-hydrogen) atoms. The summed E-state index contributed by atoms with van der Waals surface area (Å²) in [5.74, 6) is -0.190. The van der Waals surface area contributed by atoms with Gasteiger partial charge >= 0.3 is 6.03 Å². The first-order valence-electron chi connectivity index (χ1n) is 8.90. The van der Waals surface area contributed by atoms with E-state index in [0.29, 0.717) is 6.42 Å². The normalized spacial score (nSPS) is 21.3. The Bertz CT molecular complexity index is 686. The van der Waals surface area contributed by atoms with Crippen LogP contribution in [-0.2, 0) is 16.1 Å². The number of hydrogen-bond donors (Lipinski definition) is 4. The number of phenolic OH excluding ortho intramolecular Hbond substituents is 1. The summed E-state index contributed by atoms with van der Waals surface area (Å²) in [4.78, 5) is 36.9. The van der Waals surface area contributed by atoms with Crippen molar-refractivity contribution in [3.8, 4) is 5.75 Å². The minimum absolute atomic E-state index is 0.0922. The van der Waals surface area contributed by atoms with Crippen LogP contribution >= 0.6 is 0 Å². The average Bonchev–Trinajstić information content (AvgIpc) is 2.92. The van der Waals surface area contributed by atoms with Gasteiger partial charge in [0, 0.05) is 32.1 Å².